The van der Waals surface area contributed by atoms with Crippen molar-refractivity contribution in [3.63, 3.8) is 0 Å². The average Bonchev–Trinajstić information content (AvgIpc) is 2.94. The van der Waals surface area contributed by atoms with E-state index >= 15 is 0 Å². The molecule has 1 aliphatic carbocycles. The monoisotopic (exact) mass is 290 g/mol. The molecule has 0 unspecified atom stereocenters. The van der Waals surface area contributed by atoms with Gasteiger partial charge in [-0.1, -0.05) is 6.42 Å². The maximum absolute atomic E-state index is 12.9. The largest absolute Gasteiger partial charge is 0.392 e. The normalized spacial score (nSPS) is 29.3. The van der Waals surface area contributed by atoms with Gasteiger partial charge in [-0.3, -0.25) is 4.79 Å². The van der Waals surface area contributed by atoms with E-state index in [0.717, 1.165) is 62.1 Å². The maximum atomic E-state index is 12.9. The van der Waals surface area contributed by atoms with Gasteiger partial charge in [0, 0.05) is 36.9 Å². The maximum Gasteiger partial charge on any atom is 0.255 e. The Balaban J connectivity index is 1.83. The van der Waals surface area contributed by atoms with Crippen LogP contribution in [0.25, 0.3) is 0 Å². The Morgan fingerprint density at radius 2 is 2.05 bits per heavy atom. The molecule has 0 radical (unpaired) electrons. The van der Waals surface area contributed by atoms with Crippen molar-refractivity contribution in [3.8, 4) is 0 Å². The summed E-state index contributed by atoms with van der Waals surface area (Å²) in [5.41, 5.74) is 2.93. The molecule has 0 aromatic carbocycles. The van der Waals surface area contributed by atoms with Crippen LogP contribution in [0.4, 0.5) is 0 Å². The Labute approximate surface area is 126 Å². The highest BCUT2D eigenvalue weighted by molar-refractivity contribution is 5.95. The van der Waals surface area contributed by atoms with E-state index in [2.05, 4.69) is 4.57 Å². The third-order valence-corrected chi connectivity index (χ3v) is 5.76. The molecule has 1 amide bonds. The van der Waals surface area contributed by atoms with Crippen molar-refractivity contribution in [2.24, 2.45) is 12.5 Å². The topological polar surface area (TPSA) is 45.5 Å². The molecule has 0 bridgehead atoms. The number of likely N-dealkylation sites (tertiary alicyclic amines) is 1. The van der Waals surface area contributed by atoms with Gasteiger partial charge in [0.25, 0.3) is 5.91 Å². The summed E-state index contributed by atoms with van der Waals surface area (Å²) in [6.45, 7) is 5.58. The van der Waals surface area contributed by atoms with Gasteiger partial charge >= 0.3 is 0 Å². The van der Waals surface area contributed by atoms with Gasteiger partial charge < -0.3 is 14.6 Å². The molecule has 1 saturated heterocycles. The number of carbonyl (C=O) groups is 1. The molecule has 3 rings (SSSR count). The van der Waals surface area contributed by atoms with E-state index < -0.39 is 0 Å². The summed E-state index contributed by atoms with van der Waals surface area (Å²) in [4.78, 5) is 14.8. The molecule has 2 heterocycles. The summed E-state index contributed by atoms with van der Waals surface area (Å²) in [6.07, 6.45) is 4.88. The number of aromatic nitrogens is 1. The van der Waals surface area contributed by atoms with Crippen LogP contribution in [0, 0.1) is 19.3 Å². The van der Waals surface area contributed by atoms with Crippen molar-refractivity contribution in [3.05, 3.63) is 23.0 Å². The molecule has 4 nitrogen and oxygen atoms in total. The average molecular weight is 290 g/mol. The number of carbonyl (C=O) groups excluding carboxylic acids is 1. The van der Waals surface area contributed by atoms with E-state index in [1.54, 1.807) is 0 Å². The first-order valence-corrected chi connectivity index (χ1v) is 8.05. The number of aryl methyl sites for hydroxylation is 1. The number of nitrogens with zero attached hydrogens (tertiary/aromatic N) is 2. The number of hydrogen-bond acceptors (Lipinski definition) is 2. The van der Waals surface area contributed by atoms with Crippen LogP contribution in [0.1, 0.15) is 53.8 Å². The zero-order valence-corrected chi connectivity index (χ0v) is 13.4. The van der Waals surface area contributed by atoms with Crippen LogP contribution in [-0.2, 0) is 7.05 Å². The molecule has 116 valence electrons. The molecular formula is C17H26N2O2. The zero-order valence-electron chi connectivity index (χ0n) is 13.4. The molecule has 1 aromatic rings. The van der Waals surface area contributed by atoms with Crippen molar-refractivity contribution in [2.75, 3.05) is 13.1 Å². The fourth-order valence-electron chi connectivity index (χ4n) is 4.17. The highest BCUT2D eigenvalue weighted by Gasteiger charge is 2.45. The Morgan fingerprint density at radius 1 is 1.33 bits per heavy atom. The lowest BCUT2D eigenvalue weighted by atomic mass is 9.76. The van der Waals surface area contributed by atoms with E-state index in [9.17, 15) is 9.90 Å². The molecule has 1 aromatic heterocycles. The minimum Gasteiger partial charge on any atom is -0.392 e. The quantitative estimate of drug-likeness (QED) is 0.863. The van der Waals surface area contributed by atoms with Gasteiger partial charge in [-0.25, -0.2) is 0 Å². The molecular weight excluding hydrogens is 264 g/mol. The first-order chi connectivity index (χ1) is 9.94. The summed E-state index contributed by atoms with van der Waals surface area (Å²) in [6, 6.07) is 1.99. The number of rotatable bonds is 1. The fraction of sp³-hybridized carbons (Fsp3) is 0.706. The second kappa shape index (κ2) is 5.16. The molecule has 1 N–H and O–H groups in total. The van der Waals surface area contributed by atoms with Crippen molar-refractivity contribution < 1.29 is 9.90 Å². The van der Waals surface area contributed by atoms with Gasteiger partial charge in [-0.05, 0) is 45.6 Å². The summed E-state index contributed by atoms with van der Waals surface area (Å²) < 4.78 is 2.07. The van der Waals surface area contributed by atoms with Crippen molar-refractivity contribution in [1.29, 1.82) is 0 Å². The Kier molecular flexibility index (Phi) is 3.60. The van der Waals surface area contributed by atoms with Crippen LogP contribution >= 0.6 is 0 Å². The zero-order chi connectivity index (χ0) is 15.2. The lowest BCUT2D eigenvalue weighted by Gasteiger charge is -2.42. The molecule has 2 atom stereocenters. The summed E-state index contributed by atoms with van der Waals surface area (Å²) in [5, 5.41) is 10.3. The molecule has 2 fully saturated rings. The smallest absolute Gasteiger partial charge is 0.255 e. The summed E-state index contributed by atoms with van der Waals surface area (Å²) in [5.74, 6) is 0.134. The highest BCUT2D eigenvalue weighted by Crippen LogP contribution is 2.45. The number of amides is 1. The Hall–Kier alpha value is -1.29. The third-order valence-electron chi connectivity index (χ3n) is 5.76. The van der Waals surface area contributed by atoms with Gasteiger partial charge in [0.2, 0.25) is 0 Å². The first-order valence-electron chi connectivity index (χ1n) is 8.05. The van der Waals surface area contributed by atoms with Crippen LogP contribution in [-0.4, -0.2) is 39.7 Å². The van der Waals surface area contributed by atoms with Gasteiger partial charge in [0.15, 0.2) is 0 Å². The van der Waals surface area contributed by atoms with E-state index in [1.165, 1.54) is 0 Å². The predicted molar refractivity (Wildman–Crippen MR) is 82.3 cm³/mol. The van der Waals surface area contributed by atoms with Gasteiger partial charge in [0.05, 0.1) is 11.7 Å². The molecule has 1 aliphatic heterocycles. The lowest BCUT2D eigenvalue weighted by Crippen LogP contribution is -2.49. The van der Waals surface area contributed by atoms with E-state index in [4.69, 9.17) is 0 Å². The second-order valence-electron chi connectivity index (χ2n) is 6.94. The van der Waals surface area contributed by atoms with Crippen molar-refractivity contribution in [2.45, 2.75) is 52.1 Å². The molecule has 1 spiro atoms. The van der Waals surface area contributed by atoms with Crippen LogP contribution < -0.4 is 0 Å². The van der Waals surface area contributed by atoms with Crippen molar-refractivity contribution in [1.82, 2.24) is 9.47 Å². The third kappa shape index (κ3) is 2.30. The number of piperidine rings is 1. The van der Waals surface area contributed by atoms with E-state index in [-0.39, 0.29) is 17.4 Å². The minimum absolute atomic E-state index is 0.0361. The van der Waals surface area contributed by atoms with Crippen LogP contribution in [0.3, 0.4) is 0 Å². The Bertz CT molecular complexity index is 563. The molecule has 21 heavy (non-hydrogen) atoms. The van der Waals surface area contributed by atoms with Crippen LogP contribution in [0.15, 0.2) is 6.07 Å². The number of aliphatic hydroxyl groups excluding tert-OH is 1. The summed E-state index contributed by atoms with van der Waals surface area (Å²) in [7, 11) is 2.00. The van der Waals surface area contributed by atoms with E-state index in [1.807, 2.05) is 31.9 Å². The molecule has 2 aliphatic rings. The SMILES string of the molecule is Cc1cc(C(=O)N2CCC[C@@]3(CCC[C@H]3O)C2)c(C)n1C. The molecule has 1 saturated carbocycles. The van der Waals surface area contributed by atoms with Gasteiger partial charge in [-0.15, -0.1) is 0 Å². The van der Waals surface area contributed by atoms with Crippen LogP contribution in [0.5, 0.6) is 0 Å². The predicted octanol–water partition coefficient (Wildman–Crippen LogP) is 2.41. The van der Waals surface area contributed by atoms with E-state index in [0.29, 0.717) is 0 Å². The fourth-order valence-corrected chi connectivity index (χ4v) is 4.17. The Morgan fingerprint density at radius 3 is 2.62 bits per heavy atom. The number of hydrogen-bond donors (Lipinski definition) is 1. The minimum atomic E-state index is -0.230. The van der Waals surface area contributed by atoms with Crippen molar-refractivity contribution >= 4 is 5.91 Å². The highest BCUT2D eigenvalue weighted by atomic mass is 16.3. The molecule has 4 heteroatoms. The number of aliphatic hydroxyl groups is 1. The first kappa shape index (κ1) is 14.6. The standard InChI is InChI=1S/C17H26N2O2/c1-12-10-14(13(2)18(12)3)16(21)19-9-5-8-17(11-19)7-4-6-15(17)20/h10,15,20H,4-9,11H2,1-3H3/t15-,17+/m1/s1. The summed E-state index contributed by atoms with van der Waals surface area (Å²) >= 11 is 0. The second-order valence-corrected chi connectivity index (χ2v) is 6.94. The van der Waals surface area contributed by atoms with Gasteiger partial charge in [-0.2, -0.15) is 0 Å². The van der Waals surface area contributed by atoms with Crippen LogP contribution in [0.2, 0.25) is 0 Å². The lowest BCUT2D eigenvalue weighted by molar-refractivity contribution is -0.00538. The van der Waals surface area contributed by atoms with Gasteiger partial charge in [0.1, 0.15) is 0 Å².